The van der Waals surface area contributed by atoms with E-state index in [4.69, 9.17) is 4.74 Å². The minimum Gasteiger partial charge on any atom is -0.497 e. The van der Waals surface area contributed by atoms with E-state index in [9.17, 15) is 5.11 Å². The zero-order valence-corrected chi connectivity index (χ0v) is 12.0. The van der Waals surface area contributed by atoms with Gasteiger partial charge < -0.3 is 14.7 Å². The molecule has 0 bridgehead atoms. The number of likely N-dealkylation sites (tertiary alicyclic amines) is 1. The van der Waals surface area contributed by atoms with Gasteiger partial charge in [0.05, 0.1) is 13.2 Å². The third-order valence-corrected chi connectivity index (χ3v) is 3.99. The summed E-state index contributed by atoms with van der Waals surface area (Å²) < 4.78 is 5.14. The number of methoxy groups -OCH3 is 1. The van der Waals surface area contributed by atoms with Crippen molar-refractivity contribution in [3.05, 3.63) is 29.8 Å². The van der Waals surface area contributed by atoms with Crippen molar-refractivity contribution in [3.63, 3.8) is 0 Å². The van der Waals surface area contributed by atoms with Crippen LogP contribution in [0, 0.1) is 5.92 Å². The molecule has 2 rings (SSSR count). The maximum atomic E-state index is 10.4. The third kappa shape index (κ3) is 3.95. The van der Waals surface area contributed by atoms with Crippen molar-refractivity contribution >= 4 is 0 Å². The lowest BCUT2D eigenvalue weighted by Gasteiger charge is -2.31. The van der Waals surface area contributed by atoms with Gasteiger partial charge >= 0.3 is 0 Å². The van der Waals surface area contributed by atoms with Crippen molar-refractivity contribution in [1.29, 1.82) is 0 Å². The maximum Gasteiger partial charge on any atom is 0.118 e. The van der Waals surface area contributed by atoms with E-state index in [1.165, 1.54) is 32.4 Å². The SMILES string of the molecule is COc1ccc([C@H](O)[C@H](C)CN2CCCCC2)cc1. The van der Waals surface area contributed by atoms with Crippen molar-refractivity contribution < 1.29 is 9.84 Å². The average Bonchev–Trinajstić information content (AvgIpc) is 2.47. The molecule has 3 heteroatoms. The van der Waals surface area contributed by atoms with Gasteiger partial charge in [0.25, 0.3) is 0 Å². The second kappa shape index (κ2) is 6.92. The molecule has 0 spiro atoms. The smallest absolute Gasteiger partial charge is 0.118 e. The highest BCUT2D eigenvalue weighted by atomic mass is 16.5. The lowest BCUT2D eigenvalue weighted by atomic mass is 9.96. The van der Waals surface area contributed by atoms with E-state index >= 15 is 0 Å². The zero-order chi connectivity index (χ0) is 13.7. The van der Waals surface area contributed by atoms with Crippen molar-refractivity contribution in [2.75, 3.05) is 26.7 Å². The van der Waals surface area contributed by atoms with Gasteiger partial charge in [0.15, 0.2) is 0 Å². The molecule has 0 radical (unpaired) electrons. The highest BCUT2D eigenvalue weighted by molar-refractivity contribution is 5.28. The second-order valence-corrected chi connectivity index (χ2v) is 5.56. The highest BCUT2D eigenvalue weighted by Gasteiger charge is 2.20. The Kier molecular flexibility index (Phi) is 5.23. The predicted molar refractivity (Wildman–Crippen MR) is 77.4 cm³/mol. The normalized spacial score (nSPS) is 19.9. The van der Waals surface area contributed by atoms with Crippen LogP contribution < -0.4 is 4.74 Å². The Labute approximate surface area is 116 Å². The van der Waals surface area contributed by atoms with E-state index in [1.807, 2.05) is 24.3 Å². The van der Waals surface area contributed by atoms with Crippen LogP contribution in [0.25, 0.3) is 0 Å². The summed E-state index contributed by atoms with van der Waals surface area (Å²) >= 11 is 0. The van der Waals surface area contributed by atoms with Gasteiger partial charge in [-0.05, 0) is 49.5 Å². The Balaban J connectivity index is 1.91. The van der Waals surface area contributed by atoms with Crippen LogP contribution in [0.1, 0.15) is 37.9 Å². The molecule has 106 valence electrons. The van der Waals surface area contributed by atoms with Crippen LogP contribution in [-0.2, 0) is 0 Å². The van der Waals surface area contributed by atoms with E-state index in [-0.39, 0.29) is 5.92 Å². The third-order valence-electron chi connectivity index (χ3n) is 3.99. The van der Waals surface area contributed by atoms with E-state index in [0.29, 0.717) is 0 Å². The van der Waals surface area contributed by atoms with Crippen LogP contribution in [0.5, 0.6) is 5.75 Å². The number of ether oxygens (including phenoxy) is 1. The number of aliphatic hydroxyl groups excluding tert-OH is 1. The molecule has 2 atom stereocenters. The fraction of sp³-hybridized carbons (Fsp3) is 0.625. The number of hydrogen-bond acceptors (Lipinski definition) is 3. The monoisotopic (exact) mass is 263 g/mol. The fourth-order valence-corrected chi connectivity index (χ4v) is 2.78. The van der Waals surface area contributed by atoms with Crippen LogP contribution in [0.15, 0.2) is 24.3 Å². The molecule has 1 heterocycles. The van der Waals surface area contributed by atoms with E-state index in [2.05, 4.69) is 11.8 Å². The van der Waals surface area contributed by atoms with Crippen molar-refractivity contribution in [1.82, 2.24) is 4.90 Å². The van der Waals surface area contributed by atoms with E-state index < -0.39 is 6.10 Å². The Hall–Kier alpha value is -1.06. The van der Waals surface area contributed by atoms with Crippen molar-refractivity contribution in [2.45, 2.75) is 32.3 Å². The van der Waals surface area contributed by atoms with Crippen LogP contribution in [0.4, 0.5) is 0 Å². The number of rotatable bonds is 5. The fourth-order valence-electron chi connectivity index (χ4n) is 2.78. The molecule has 1 aliphatic rings. The summed E-state index contributed by atoms with van der Waals surface area (Å²) in [5, 5.41) is 10.4. The topological polar surface area (TPSA) is 32.7 Å². The summed E-state index contributed by atoms with van der Waals surface area (Å²) in [7, 11) is 1.66. The minimum atomic E-state index is -0.396. The second-order valence-electron chi connectivity index (χ2n) is 5.56. The van der Waals surface area contributed by atoms with Gasteiger partial charge in [-0.2, -0.15) is 0 Å². The quantitative estimate of drug-likeness (QED) is 0.886. The summed E-state index contributed by atoms with van der Waals surface area (Å²) in [6.07, 6.45) is 3.55. The zero-order valence-electron chi connectivity index (χ0n) is 12.0. The Morgan fingerprint density at radius 2 is 1.79 bits per heavy atom. The van der Waals surface area contributed by atoms with Gasteiger partial charge in [0.1, 0.15) is 5.75 Å². The van der Waals surface area contributed by atoms with Gasteiger partial charge in [-0.3, -0.25) is 0 Å². The molecule has 0 unspecified atom stereocenters. The van der Waals surface area contributed by atoms with Crippen LogP contribution >= 0.6 is 0 Å². The lowest BCUT2D eigenvalue weighted by molar-refractivity contribution is 0.0820. The summed E-state index contributed by atoms with van der Waals surface area (Å²) in [5.41, 5.74) is 0.977. The maximum absolute atomic E-state index is 10.4. The molecule has 0 aromatic heterocycles. The molecule has 1 N–H and O–H groups in total. The van der Waals surface area contributed by atoms with Gasteiger partial charge in [-0.1, -0.05) is 25.5 Å². The Morgan fingerprint density at radius 1 is 1.16 bits per heavy atom. The minimum absolute atomic E-state index is 0.256. The van der Waals surface area contributed by atoms with Crippen molar-refractivity contribution in [2.24, 2.45) is 5.92 Å². The largest absolute Gasteiger partial charge is 0.497 e. The molecular formula is C16H25NO2. The first-order valence-corrected chi connectivity index (χ1v) is 7.25. The van der Waals surface area contributed by atoms with Gasteiger partial charge in [0.2, 0.25) is 0 Å². The van der Waals surface area contributed by atoms with Crippen LogP contribution in [-0.4, -0.2) is 36.8 Å². The van der Waals surface area contributed by atoms with E-state index in [1.54, 1.807) is 7.11 Å². The first kappa shape index (κ1) is 14.4. The molecule has 19 heavy (non-hydrogen) atoms. The standard InChI is InChI=1S/C16H25NO2/c1-13(12-17-10-4-3-5-11-17)16(18)14-6-8-15(19-2)9-7-14/h6-9,13,16,18H,3-5,10-12H2,1-2H3/t13-,16-/m1/s1. The number of benzene rings is 1. The number of nitrogens with zero attached hydrogens (tertiary/aromatic N) is 1. The summed E-state index contributed by atoms with van der Waals surface area (Å²) in [4.78, 5) is 2.47. The molecular weight excluding hydrogens is 238 g/mol. The first-order valence-electron chi connectivity index (χ1n) is 7.25. The first-order chi connectivity index (χ1) is 9.20. The van der Waals surface area contributed by atoms with E-state index in [0.717, 1.165) is 17.9 Å². The number of aliphatic hydroxyl groups is 1. The molecule has 0 saturated carbocycles. The molecule has 1 saturated heterocycles. The van der Waals surface area contributed by atoms with Gasteiger partial charge in [-0.15, -0.1) is 0 Å². The number of hydrogen-bond donors (Lipinski definition) is 1. The molecule has 1 aromatic carbocycles. The molecule has 1 fully saturated rings. The molecule has 3 nitrogen and oxygen atoms in total. The van der Waals surface area contributed by atoms with Crippen LogP contribution in [0.2, 0.25) is 0 Å². The summed E-state index contributed by atoms with van der Waals surface area (Å²) in [6, 6.07) is 7.73. The van der Waals surface area contributed by atoms with Crippen LogP contribution in [0.3, 0.4) is 0 Å². The predicted octanol–water partition coefficient (Wildman–Crippen LogP) is 2.85. The van der Waals surface area contributed by atoms with Gasteiger partial charge in [0, 0.05) is 6.54 Å². The molecule has 0 amide bonds. The Morgan fingerprint density at radius 3 is 2.37 bits per heavy atom. The van der Waals surface area contributed by atoms with Crippen molar-refractivity contribution in [3.8, 4) is 5.75 Å². The molecule has 1 aliphatic heterocycles. The lowest BCUT2D eigenvalue weighted by Crippen LogP contribution is -2.35. The highest BCUT2D eigenvalue weighted by Crippen LogP contribution is 2.25. The average molecular weight is 263 g/mol. The molecule has 1 aromatic rings. The Bertz CT molecular complexity index is 371. The summed E-state index contributed by atoms with van der Waals surface area (Å²) in [5.74, 6) is 1.09. The van der Waals surface area contributed by atoms with Gasteiger partial charge in [-0.25, -0.2) is 0 Å². The molecule has 0 aliphatic carbocycles. The summed E-state index contributed by atoms with van der Waals surface area (Å²) in [6.45, 7) is 5.47. The number of piperidine rings is 1.